The molecule has 176 valence electrons. The zero-order chi connectivity index (χ0) is 24.4. The molecule has 0 bridgehead atoms. The smallest absolute Gasteiger partial charge is 0.271 e. The summed E-state index contributed by atoms with van der Waals surface area (Å²) in [7, 11) is 2.04. The number of amides is 2. The van der Waals surface area contributed by atoms with E-state index in [1.165, 1.54) is 6.20 Å². The number of nitrogens with zero attached hydrogens (tertiary/aromatic N) is 3. The molecule has 1 aliphatic heterocycles. The van der Waals surface area contributed by atoms with Gasteiger partial charge in [-0.25, -0.2) is 4.98 Å². The number of aromatic amines is 1. The van der Waals surface area contributed by atoms with Gasteiger partial charge in [-0.2, -0.15) is 0 Å². The van der Waals surface area contributed by atoms with Crippen molar-refractivity contribution >= 4 is 23.3 Å². The van der Waals surface area contributed by atoms with E-state index < -0.39 is 5.91 Å². The van der Waals surface area contributed by atoms with Crippen molar-refractivity contribution in [3.63, 3.8) is 0 Å². The zero-order valence-electron chi connectivity index (χ0n) is 19.5. The molecule has 0 aliphatic carbocycles. The van der Waals surface area contributed by atoms with Gasteiger partial charge in [0.15, 0.2) is 0 Å². The fourth-order valence-corrected chi connectivity index (χ4v) is 4.11. The molecule has 2 amide bonds. The van der Waals surface area contributed by atoms with Crippen LogP contribution in [0, 0.1) is 13.8 Å². The Hall–Kier alpha value is -3.98. The number of aryl methyl sites for hydroxylation is 1. The molecule has 1 saturated heterocycles. The Morgan fingerprint density at radius 2 is 1.79 bits per heavy atom. The van der Waals surface area contributed by atoms with Crippen LogP contribution in [0.15, 0.2) is 47.4 Å². The molecular formula is C25H28N6O3. The van der Waals surface area contributed by atoms with Crippen LogP contribution in [-0.2, 0) is 0 Å². The van der Waals surface area contributed by atoms with Crippen molar-refractivity contribution in [2.24, 2.45) is 5.73 Å². The van der Waals surface area contributed by atoms with E-state index in [2.05, 4.69) is 20.2 Å². The van der Waals surface area contributed by atoms with Gasteiger partial charge in [0.25, 0.3) is 11.5 Å². The van der Waals surface area contributed by atoms with Gasteiger partial charge in [-0.05, 0) is 56.3 Å². The third-order valence-electron chi connectivity index (χ3n) is 6.19. The highest BCUT2D eigenvalue weighted by Crippen LogP contribution is 2.29. The molecule has 9 heteroatoms. The standard InChI is InChI=1S/C25H28N6O3/c1-15-18(5-4-6-19(15)23(26)32)20-13-21(24(33)28-16(20)2)29-22-8-7-17(14-27-22)25(34)31-11-9-30(3)10-12-31/h4-8,13-14H,9-12H2,1-3H3,(H2,26,32)(H,27,29)(H,28,33). The van der Waals surface area contributed by atoms with Gasteiger partial charge in [-0.3, -0.25) is 14.4 Å². The molecule has 4 N–H and O–H groups in total. The molecule has 1 aliphatic rings. The maximum absolute atomic E-state index is 12.7. The second-order valence-electron chi connectivity index (χ2n) is 8.55. The highest BCUT2D eigenvalue weighted by Gasteiger charge is 2.20. The first kappa shape index (κ1) is 23.2. The first-order chi connectivity index (χ1) is 16.2. The van der Waals surface area contributed by atoms with Crippen molar-refractivity contribution in [3.8, 4) is 11.1 Å². The lowest BCUT2D eigenvalue weighted by atomic mass is 9.95. The van der Waals surface area contributed by atoms with E-state index >= 15 is 0 Å². The molecule has 0 unspecified atom stereocenters. The van der Waals surface area contributed by atoms with Gasteiger partial charge in [0.2, 0.25) is 5.91 Å². The Morgan fingerprint density at radius 3 is 2.44 bits per heavy atom. The number of anilines is 2. The monoisotopic (exact) mass is 460 g/mol. The highest BCUT2D eigenvalue weighted by molar-refractivity contribution is 5.96. The molecule has 2 aromatic heterocycles. The van der Waals surface area contributed by atoms with E-state index in [4.69, 9.17) is 5.73 Å². The van der Waals surface area contributed by atoms with Crippen LogP contribution in [0.5, 0.6) is 0 Å². The summed E-state index contributed by atoms with van der Waals surface area (Å²) in [5, 5.41) is 3.04. The summed E-state index contributed by atoms with van der Waals surface area (Å²) in [4.78, 5) is 48.3. The van der Waals surface area contributed by atoms with Gasteiger partial charge in [-0.15, -0.1) is 0 Å². The third kappa shape index (κ3) is 4.69. The van der Waals surface area contributed by atoms with Gasteiger partial charge in [0, 0.05) is 49.2 Å². The van der Waals surface area contributed by atoms with Crippen molar-refractivity contribution in [1.29, 1.82) is 0 Å². The maximum Gasteiger partial charge on any atom is 0.271 e. The topological polar surface area (TPSA) is 124 Å². The number of H-pyrrole nitrogens is 1. The number of hydrogen-bond donors (Lipinski definition) is 3. The minimum absolute atomic E-state index is 0.0487. The number of rotatable bonds is 5. The molecule has 34 heavy (non-hydrogen) atoms. The van der Waals surface area contributed by atoms with Gasteiger partial charge in [0.1, 0.15) is 11.5 Å². The number of benzene rings is 1. The quantitative estimate of drug-likeness (QED) is 0.537. The van der Waals surface area contributed by atoms with Crippen LogP contribution in [0.1, 0.15) is 32.0 Å². The van der Waals surface area contributed by atoms with Crippen molar-refractivity contribution in [3.05, 3.63) is 75.3 Å². The summed E-state index contributed by atoms with van der Waals surface area (Å²) in [6.07, 6.45) is 1.52. The Bertz CT molecular complexity index is 1290. The van der Waals surface area contributed by atoms with E-state index in [0.29, 0.717) is 41.4 Å². The molecule has 4 rings (SSSR count). The first-order valence-corrected chi connectivity index (χ1v) is 11.1. The number of likely N-dealkylation sites (N-methyl/N-ethyl adjacent to an activating group) is 1. The first-order valence-electron chi connectivity index (χ1n) is 11.1. The van der Waals surface area contributed by atoms with Crippen molar-refractivity contribution in [2.75, 3.05) is 38.5 Å². The molecule has 1 fully saturated rings. The molecule has 1 aromatic carbocycles. The molecule has 0 radical (unpaired) electrons. The number of hydrogen-bond acceptors (Lipinski definition) is 6. The Morgan fingerprint density at radius 1 is 1.06 bits per heavy atom. The zero-order valence-corrected chi connectivity index (χ0v) is 19.5. The van der Waals surface area contributed by atoms with Crippen LogP contribution in [0.25, 0.3) is 11.1 Å². The third-order valence-corrected chi connectivity index (χ3v) is 6.19. The molecule has 0 spiro atoms. The van der Waals surface area contributed by atoms with Crippen LogP contribution >= 0.6 is 0 Å². The molecule has 3 heterocycles. The minimum Gasteiger partial charge on any atom is -0.366 e. The van der Waals surface area contributed by atoms with Crippen LogP contribution < -0.4 is 16.6 Å². The fourth-order valence-electron chi connectivity index (χ4n) is 4.11. The average Bonchev–Trinajstić information content (AvgIpc) is 2.81. The van der Waals surface area contributed by atoms with Crippen LogP contribution in [0.2, 0.25) is 0 Å². The number of carbonyl (C=O) groups is 2. The lowest BCUT2D eigenvalue weighted by Gasteiger charge is -2.32. The predicted octanol–water partition coefficient (Wildman–Crippen LogP) is 2.28. The summed E-state index contributed by atoms with van der Waals surface area (Å²) in [5.41, 5.74) is 9.41. The predicted molar refractivity (Wildman–Crippen MR) is 131 cm³/mol. The Labute approximate surface area is 197 Å². The number of aromatic nitrogens is 2. The summed E-state index contributed by atoms with van der Waals surface area (Å²) < 4.78 is 0. The van der Waals surface area contributed by atoms with Crippen molar-refractivity contribution in [2.45, 2.75) is 13.8 Å². The lowest BCUT2D eigenvalue weighted by Crippen LogP contribution is -2.47. The fraction of sp³-hybridized carbons (Fsp3) is 0.280. The average molecular weight is 461 g/mol. The minimum atomic E-state index is -0.504. The number of nitrogens with one attached hydrogen (secondary N) is 2. The van der Waals surface area contributed by atoms with Crippen molar-refractivity contribution in [1.82, 2.24) is 19.8 Å². The number of carbonyl (C=O) groups excluding carboxylic acids is 2. The van der Waals surface area contributed by atoms with E-state index in [1.807, 2.05) is 24.9 Å². The van der Waals surface area contributed by atoms with Gasteiger partial charge < -0.3 is 25.8 Å². The second-order valence-corrected chi connectivity index (χ2v) is 8.55. The van der Waals surface area contributed by atoms with Gasteiger partial charge in [0.05, 0.1) is 5.56 Å². The highest BCUT2D eigenvalue weighted by atomic mass is 16.2. The summed E-state index contributed by atoms with van der Waals surface area (Å²) in [6.45, 7) is 6.69. The van der Waals surface area contributed by atoms with E-state index in [9.17, 15) is 14.4 Å². The number of primary amides is 1. The number of piperazine rings is 1. The molecule has 9 nitrogen and oxygen atoms in total. The molecular weight excluding hydrogens is 432 g/mol. The SMILES string of the molecule is Cc1[nH]c(=O)c(Nc2ccc(C(=O)N3CCN(C)CC3)cn2)cc1-c1cccc(C(N)=O)c1C. The van der Waals surface area contributed by atoms with Crippen molar-refractivity contribution < 1.29 is 9.59 Å². The Balaban J connectivity index is 1.58. The molecule has 0 atom stereocenters. The summed E-state index contributed by atoms with van der Waals surface area (Å²) in [5.74, 6) is -0.111. The summed E-state index contributed by atoms with van der Waals surface area (Å²) in [6, 6.07) is 10.4. The van der Waals surface area contributed by atoms with Gasteiger partial charge >= 0.3 is 0 Å². The number of pyridine rings is 2. The van der Waals surface area contributed by atoms with Crippen LogP contribution in [0.4, 0.5) is 11.5 Å². The van der Waals surface area contributed by atoms with Crippen LogP contribution in [-0.4, -0.2) is 64.8 Å². The lowest BCUT2D eigenvalue weighted by molar-refractivity contribution is 0.0663. The summed E-state index contributed by atoms with van der Waals surface area (Å²) >= 11 is 0. The largest absolute Gasteiger partial charge is 0.366 e. The van der Waals surface area contributed by atoms with E-state index in [1.54, 1.807) is 37.3 Å². The number of nitrogens with two attached hydrogens (primary N) is 1. The van der Waals surface area contributed by atoms with E-state index in [-0.39, 0.29) is 11.5 Å². The molecule has 0 saturated carbocycles. The molecule has 3 aromatic rings. The van der Waals surface area contributed by atoms with E-state index in [0.717, 1.165) is 29.8 Å². The Kier molecular flexibility index (Phi) is 6.47. The second kappa shape index (κ2) is 9.48. The normalized spacial score (nSPS) is 14.1. The van der Waals surface area contributed by atoms with Crippen LogP contribution in [0.3, 0.4) is 0 Å². The van der Waals surface area contributed by atoms with Gasteiger partial charge in [-0.1, -0.05) is 12.1 Å². The maximum atomic E-state index is 12.7.